The number of aryl methyl sites for hydroxylation is 2. The minimum absolute atomic E-state index is 0.110. The van der Waals surface area contributed by atoms with Crippen molar-refractivity contribution in [3.63, 3.8) is 0 Å². The largest absolute Gasteiger partial charge is 0.326 e. The van der Waals surface area contributed by atoms with Crippen LogP contribution in [0, 0.1) is 13.8 Å². The number of nitrogens with one attached hydrogen (secondary N) is 1. The van der Waals surface area contributed by atoms with Crippen LogP contribution in [0.25, 0.3) is 0 Å². The lowest BCUT2D eigenvalue weighted by Gasteiger charge is -2.10. The maximum atomic E-state index is 12.4. The van der Waals surface area contributed by atoms with Crippen LogP contribution in [-0.4, -0.2) is 23.3 Å². The molecule has 0 bridgehead atoms. The molecule has 154 valence electrons. The molecule has 2 aromatic carbocycles. The molecule has 3 aromatic rings. The number of nitrogens with zero attached hydrogens (tertiary/aromatic N) is 2. The summed E-state index contributed by atoms with van der Waals surface area (Å²) in [4.78, 5) is 32.8. The summed E-state index contributed by atoms with van der Waals surface area (Å²) in [5.74, 6) is -0.00583. The summed E-state index contributed by atoms with van der Waals surface area (Å²) in [6.45, 7) is 4.92. The van der Waals surface area contributed by atoms with E-state index in [1.807, 2.05) is 29.6 Å². The molecule has 4 rings (SSSR count). The van der Waals surface area contributed by atoms with Gasteiger partial charge in [-0.15, -0.1) is 11.3 Å². The van der Waals surface area contributed by atoms with Crippen LogP contribution >= 0.6 is 23.1 Å². The summed E-state index contributed by atoms with van der Waals surface area (Å²) >= 11 is 3.14. The number of hydrogen-bond donors (Lipinski definition) is 1. The third-order valence-corrected chi connectivity index (χ3v) is 6.98. The fourth-order valence-electron chi connectivity index (χ4n) is 3.27. The highest BCUT2D eigenvalue weighted by atomic mass is 32.2. The van der Waals surface area contributed by atoms with Crippen molar-refractivity contribution in [1.29, 1.82) is 0 Å². The maximum absolute atomic E-state index is 12.4. The van der Waals surface area contributed by atoms with Crippen molar-refractivity contribution in [2.24, 2.45) is 0 Å². The highest BCUT2D eigenvalue weighted by molar-refractivity contribution is 7.99. The molecule has 1 aliphatic heterocycles. The lowest BCUT2D eigenvalue weighted by Crippen LogP contribution is -2.23. The number of anilines is 2. The van der Waals surface area contributed by atoms with Crippen molar-refractivity contribution in [1.82, 2.24) is 4.98 Å². The second-order valence-electron chi connectivity index (χ2n) is 7.39. The number of aromatic nitrogens is 1. The minimum Gasteiger partial charge on any atom is -0.326 e. The summed E-state index contributed by atoms with van der Waals surface area (Å²) in [5, 5.41) is 5.47. The quantitative estimate of drug-likeness (QED) is 0.574. The van der Waals surface area contributed by atoms with Gasteiger partial charge in [0.15, 0.2) is 5.13 Å². The topological polar surface area (TPSA) is 62.3 Å². The van der Waals surface area contributed by atoms with Crippen LogP contribution in [0.15, 0.2) is 57.6 Å². The van der Waals surface area contributed by atoms with Crippen LogP contribution in [0.1, 0.15) is 29.7 Å². The summed E-state index contributed by atoms with van der Waals surface area (Å²) in [7, 11) is 0. The lowest BCUT2D eigenvalue weighted by molar-refractivity contribution is -0.117. The van der Waals surface area contributed by atoms with Crippen LogP contribution in [0.2, 0.25) is 0 Å². The van der Waals surface area contributed by atoms with Crippen molar-refractivity contribution in [3.05, 3.63) is 64.7 Å². The lowest BCUT2D eigenvalue weighted by atomic mass is 10.2. The van der Waals surface area contributed by atoms with Gasteiger partial charge in [0.2, 0.25) is 11.8 Å². The van der Waals surface area contributed by atoms with Gasteiger partial charge in [0.25, 0.3) is 0 Å². The van der Waals surface area contributed by atoms with E-state index in [4.69, 9.17) is 0 Å². The number of carbonyl (C=O) groups is 2. The molecule has 1 fully saturated rings. The molecule has 30 heavy (non-hydrogen) atoms. The fourth-order valence-corrected chi connectivity index (χ4v) is 5.14. The van der Waals surface area contributed by atoms with E-state index in [9.17, 15) is 9.59 Å². The molecule has 0 spiro atoms. The molecule has 1 aliphatic rings. The Balaban J connectivity index is 1.34. The summed E-state index contributed by atoms with van der Waals surface area (Å²) in [6, 6.07) is 14.3. The van der Waals surface area contributed by atoms with Gasteiger partial charge in [-0.2, -0.15) is 0 Å². The maximum Gasteiger partial charge on any atom is 0.230 e. The number of benzene rings is 2. The standard InChI is InChI=1S/C23H23N3O2S2/c1-15-5-6-16(2)20(12-15)30-19-9-7-17(8-10-19)24-21(27)13-18-14-29-23(25-18)26-11-3-4-22(26)28/h5-10,12,14H,3-4,11,13H2,1-2H3,(H,24,27). The van der Waals surface area contributed by atoms with Gasteiger partial charge in [0, 0.05) is 33.8 Å². The predicted octanol–water partition coefficient (Wildman–Crippen LogP) is 5.22. The van der Waals surface area contributed by atoms with Crippen LogP contribution < -0.4 is 10.2 Å². The number of amides is 2. The molecule has 0 saturated carbocycles. The van der Waals surface area contributed by atoms with E-state index in [0.717, 1.165) is 17.0 Å². The molecule has 1 saturated heterocycles. The molecular weight excluding hydrogens is 414 g/mol. The molecule has 0 radical (unpaired) electrons. The summed E-state index contributed by atoms with van der Waals surface area (Å²) < 4.78 is 0. The van der Waals surface area contributed by atoms with Crippen molar-refractivity contribution < 1.29 is 9.59 Å². The van der Waals surface area contributed by atoms with Crippen molar-refractivity contribution in [2.45, 2.75) is 42.9 Å². The molecule has 1 N–H and O–H groups in total. The monoisotopic (exact) mass is 437 g/mol. The fraction of sp³-hybridized carbons (Fsp3) is 0.261. The Kier molecular flexibility index (Phi) is 6.20. The Hall–Kier alpha value is -2.64. The van der Waals surface area contributed by atoms with E-state index in [-0.39, 0.29) is 18.2 Å². The SMILES string of the molecule is Cc1ccc(C)c(Sc2ccc(NC(=O)Cc3csc(N4CCCC4=O)n3)cc2)c1. The van der Waals surface area contributed by atoms with Crippen LogP contribution in [0.4, 0.5) is 10.8 Å². The summed E-state index contributed by atoms with van der Waals surface area (Å²) in [5.41, 5.74) is 3.94. The van der Waals surface area contributed by atoms with Crippen LogP contribution in [0.3, 0.4) is 0 Å². The van der Waals surface area contributed by atoms with Gasteiger partial charge in [-0.25, -0.2) is 4.98 Å². The number of hydrogen-bond acceptors (Lipinski definition) is 5. The zero-order chi connectivity index (χ0) is 21.1. The second-order valence-corrected chi connectivity index (χ2v) is 9.34. The Morgan fingerprint density at radius 1 is 1.20 bits per heavy atom. The van der Waals surface area contributed by atoms with Crippen molar-refractivity contribution >= 4 is 45.7 Å². The number of thiazole rings is 1. The Labute approximate surface area is 184 Å². The third kappa shape index (κ3) is 4.91. The normalized spacial score (nSPS) is 13.7. The Morgan fingerprint density at radius 2 is 2.00 bits per heavy atom. The van der Waals surface area contributed by atoms with Crippen LogP contribution in [0.5, 0.6) is 0 Å². The molecule has 5 nitrogen and oxygen atoms in total. The Bertz CT molecular complexity index is 1080. The molecule has 0 unspecified atom stereocenters. The van der Waals surface area contributed by atoms with E-state index in [1.165, 1.54) is 27.4 Å². The van der Waals surface area contributed by atoms with E-state index in [2.05, 4.69) is 42.3 Å². The molecular formula is C23H23N3O2S2. The molecule has 2 heterocycles. The van der Waals surface area contributed by atoms with Gasteiger partial charge < -0.3 is 5.32 Å². The zero-order valence-corrected chi connectivity index (χ0v) is 18.6. The third-order valence-electron chi connectivity index (χ3n) is 4.90. The predicted molar refractivity (Wildman–Crippen MR) is 123 cm³/mol. The van der Waals surface area contributed by atoms with Gasteiger partial charge in [-0.05, 0) is 61.7 Å². The van der Waals surface area contributed by atoms with E-state index in [1.54, 1.807) is 16.7 Å². The van der Waals surface area contributed by atoms with Crippen LogP contribution in [-0.2, 0) is 16.0 Å². The van der Waals surface area contributed by atoms with E-state index in [0.29, 0.717) is 23.8 Å². The van der Waals surface area contributed by atoms with Gasteiger partial charge >= 0.3 is 0 Å². The number of rotatable bonds is 6. The zero-order valence-electron chi connectivity index (χ0n) is 17.0. The molecule has 0 atom stereocenters. The first-order chi connectivity index (χ1) is 14.5. The Morgan fingerprint density at radius 3 is 2.73 bits per heavy atom. The first-order valence-electron chi connectivity index (χ1n) is 9.88. The van der Waals surface area contributed by atoms with Crippen molar-refractivity contribution in [3.8, 4) is 0 Å². The highest BCUT2D eigenvalue weighted by Gasteiger charge is 2.24. The first kappa shape index (κ1) is 20.6. The number of carbonyl (C=O) groups excluding carboxylic acids is 2. The highest BCUT2D eigenvalue weighted by Crippen LogP contribution is 2.31. The van der Waals surface area contributed by atoms with E-state index < -0.39 is 0 Å². The smallest absolute Gasteiger partial charge is 0.230 e. The van der Waals surface area contributed by atoms with Gasteiger partial charge in [0.1, 0.15) is 0 Å². The molecule has 2 amide bonds. The van der Waals surface area contributed by atoms with E-state index >= 15 is 0 Å². The molecule has 1 aromatic heterocycles. The van der Waals surface area contributed by atoms with Gasteiger partial charge in [-0.3, -0.25) is 14.5 Å². The molecule has 7 heteroatoms. The average Bonchev–Trinajstić information content (AvgIpc) is 3.34. The van der Waals surface area contributed by atoms with Crippen molar-refractivity contribution in [2.75, 3.05) is 16.8 Å². The molecule has 0 aliphatic carbocycles. The van der Waals surface area contributed by atoms with Gasteiger partial charge in [0.05, 0.1) is 12.1 Å². The second kappa shape index (κ2) is 9.02. The summed E-state index contributed by atoms with van der Waals surface area (Å²) in [6.07, 6.45) is 1.64. The minimum atomic E-state index is -0.116. The first-order valence-corrected chi connectivity index (χ1v) is 11.6. The average molecular weight is 438 g/mol. The van der Waals surface area contributed by atoms with Gasteiger partial charge in [-0.1, -0.05) is 23.9 Å².